The number of methoxy groups -OCH3 is 1. The van der Waals surface area contributed by atoms with Crippen molar-refractivity contribution in [2.24, 2.45) is 0 Å². The summed E-state index contributed by atoms with van der Waals surface area (Å²) in [5.74, 6) is -0.925. The van der Waals surface area contributed by atoms with Gasteiger partial charge in [0.15, 0.2) is 6.10 Å². The third-order valence-corrected chi connectivity index (χ3v) is 3.66. The van der Waals surface area contributed by atoms with Gasteiger partial charge in [0.2, 0.25) is 0 Å². The number of halogens is 1. The summed E-state index contributed by atoms with van der Waals surface area (Å²) < 4.78 is 10.6. The van der Waals surface area contributed by atoms with Crippen LogP contribution in [0.5, 0.6) is 5.75 Å². The first-order chi connectivity index (χ1) is 10.7. The lowest BCUT2D eigenvalue weighted by Gasteiger charge is -2.30. The zero-order valence-electron chi connectivity index (χ0n) is 13.7. The number of amides is 1. The maximum absolute atomic E-state index is 12.3. The summed E-state index contributed by atoms with van der Waals surface area (Å²) in [4.78, 5) is 23.2. The summed E-state index contributed by atoms with van der Waals surface area (Å²) in [7, 11) is 1.45. The van der Waals surface area contributed by atoms with Crippen LogP contribution < -0.4 is 10.1 Å². The lowest BCUT2D eigenvalue weighted by Crippen LogP contribution is -2.54. The third-order valence-electron chi connectivity index (χ3n) is 3.24. The number of carboxylic acid groups (broad SMARTS) is 1. The molecule has 0 bridgehead atoms. The molecule has 7 heteroatoms. The van der Waals surface area contributed by atoms with Crippen LogP contribution in [0.3, 0.4) is 0 Å². The van der Waals surface area contributed by atoms with Crippen LogP contribution in [0.1, 0.15) is 25.8 Å². The Kier molecular flexibility index (Phi) is 6.84. The number of carbonyl (C=O) groups is 2. The predicted molar refractivity (Wildman–Crippen MR) is 87.0 cm³/mol. The van der Waals surface area contributed by atoms with Crippen molar-refractivity contribution in [3.63, 3.8) is 0 Å². The van der Waals surface area contributed by atoms with Crippen molar-refractivity contribution in [1.82, 2.24) is 5.32 Å². The van der Waals surface area contributed by atoms with E-state index in [4.69, 9.17) is 26.2 Å². The van der Waals surface area contributed by atoms with E-state index in [1.807, 2.05) is 6.92 Å². The van der Waals surface area contributed by atoms with Crippen LogP contribution in [0, 0.1) is 6.92 Å². The fourth-order valence-electron chi connectivity index (χ4n) is 2.13. The number of carbonyl (C=O) groups excluding carboxylic acids is 1. The number of aryl methyl sites for hydroxylation is 1. The molecule has 0 aliphatic heterocycles. The minimum atomic E-state index is -1.02. The van der Waals surface area contributed by atoms with Crippen molar-refractivity contribution in [1.29, 1.82) is 0 Å². The number of rotatable bonds is 8. The van der Waals surface area contributed by atoms with Crippen LogP contribution >= 0.6 is 11.6 Å². The SMILES string of the molecule is COCC(C)(CC(=O)O)NC(=O)C(C)Oc1ccc(Cl)c(C)c1. The third kappa shape index (κ3) is 6.08. The zero-order chi connectivity index (χ0) is 17.6. The smallest absolute Gasteiger partial charge is 0.305 e. The van der Waals surface area contributed by atoms with Crippen molar-refractivity contribution in [2.75, 3.05) is 13.7 Å². The molecule has 0 aliphatic rings. The van der Waals surface area contributed by atoms with Gasteiger partial charge in [-0.25, -0.2) is 0 Å². The largest absolute Gasteiger partial charge is 0.481 e. The normalized spacial score (nSPS) is 14.7. The maximum atomic E-state index is 12.3. The molecule has 0 radical (unpaired) electrons. The van der Waals surface area contributed by atoms with E-state index < -0.39 is 23.5 Å². The van der Waals surface area contributed by atoms with Crippen molar-refractivity contribution in [3.8, 4) is 5.75 Å². The average Bonchev–Trinajstić information content (AvgIpc) is 2.41. The van der Waals surface area contributed by atoms with Gasteiger partial charge in [0.05, 0.1) is 18.6 Å². The molecule has 0 saturated carbocycles. The first-order valence-corrected chi connectivity index (χ1v) is 7.50. The molecule has 0 aliphatic carbocycles. The Balaban J connectivity index is 2.74. The second kappa shape index (κ2) is 8.17. The number of hydrogen-bond donors (Lipinski definition) is 2. The molecule has 1 aromatic rings. The van der Waals surface area contributed by atoms with E-state index in [0.29, 0.717) is 10.8 Å². The van der Waals surface area contributed by atoms with Gasteiger partial charge in [0, 0.05) is 12.1 Å². The second-order valence-corrected chi connectivity index (χ2v) is 6.13. The summed E-state index contributed by atoms with van der Waals surface area (Å²) >= 11 is 5.95. The van der Waals surface area contributed by atoms with E-state index >= 15 is 0 Å². The van der Waals surface area contributed by atoms with Gasteiger partial charge in [-0.15, -0.1) is 0 Å². The molecule has 2 N–H and O–H groups in total. The number of aliphatic carboxylic acids is 1. The zero-order valence-corrected chi connectivity index (χ0v) is 14.4. The van der Waals surface area contributed by atoms with Crippen molar-refractivity contribution in [3.05, 3.63) is 28.8 Å². The molecule has 2 atom stereocenters. The lowest BCUT2D eigenvalue weighted by molar-refractivity contribution is -0.140. The van der Waals surface area contributed by atoms with Gasteiger partial charge < -0.3 is 19.9 Å². The number of nitrogens with one attached hydrogen (secondary N) is 1. The van der Waals surface area contributed by atoms with E-state index in [0.717, 1.165) is 5.56 Å². The van der Waals surface area contributed by atoms with Crippen LogP contribution in [-0.2, 0) is 14.3 Å². The monoisotopic (exact) mass is 343 g/mol. The predicted octanol–water partition coefficient (Wildman–Crippen LogP) is 2.41. The van der Waals surface area contributed by atoms with Crippen LogP contribution in [-0.4, -0.2) is 42.3 Å². The molecular formula is C16H22ClNO5. The number of hydrogen-bond acceptors (Lipinski definition) is 4. The highest BCUT2D eigenvalue weighted by Gasteiger charge is 2.31. The molecule has 23 heavy (non-hydrogen) atoms. The Labute approximate surface area is 140 Å². The average molecular weight is 344 g/mol. The van der Waals surface area contributed by atoms with Gasteiger partial charge in [0.1, 0.15) is 5.75 Å². The van der Waals surface area contributed by atoms with Gasteiger partial charge >= 0.3 is 5.97 Å². The second-order valence-electron chi connectivity index (χ2n) is 5.72. The molecule has 0 saturated heterocycles. The Morgan fingerprint density at radius 2 is 2.09 bits per heavy atom. The summed E-state index contributed by atoms with van der Waals surface area (Å²) in [5, 5.41) is 12.3. The van der Waals surface area contributed by atoms with Crippen LogP contribution in [0.4, 0.5) is 0 Å². The molecule has 0 heterocycles. The number of carboxylic acids is 1. The highest BCUT2D eigenvalue weighted by molar-refractivity contribution is 6.31. The van der Waals surface area contributed by atoms with E-state index in [2.05, 4.69) is 5.32 Å². The van der Waals surface area contributed by atoms with Gasteiger partial charge in [-0.3, -0.25) is 9.59 Å². The van der Waals surface area contributed by atoms with E-state index in [1.165, 1.54) is 7.11 Å². The van der Waals surface area contributed by atoms with Crippen molar-refractivity contribution < 1.29 is 24.2 Å². The molecule has 6 nitrogen and oxygen atoms in total. The lowest BCUT2D eigenvalue weighted by atomic mass is 9.98. The minimum absolute atomic E-state index is 0.0812. The number of ether oxygens (including phenoxy) is 2. The highest BCUT2D eigenvalue weighted by Crippen LogP contribution is 2.22. The number of benzene rings is 1. The quantitative estimate of drug-likeness (QED) is 0.757. The molecular weight excluding hydrogens is 322 g/mol. The Morgan fingerprint density at radius 3 is 2.61 bits per heavy atom. The fourth-order valence-corrected chi connectivity index (χ4v) is 2.25. The fraction of sp³-hybridized carbons (Fsp3) is 0.500. The maximum Gasteiger partial charge on any atom is 0.305 e. The molecule has 128 valence electrons. The summed E-state index contributed by atoms with van der Waals surface area (Å²) in [6.07, 6.45) is -1.04. The van der Waals surface area contributed by atoms with Crippen LogP contribution in [0.25, 0.3) is 0 Å². The Hall–Kier alpha value is -1.79. The Bertz CT molecular complexity index is 578. The summed E-state index contributed by atoms with van der Waals surface area (Å²) in [5.41, 5.74) is -0.169. The van der Waals surface area contributed by atoms with Gasteiger partial charge in [-0.1, -0.05) is 11.6 Å². The van der Waals surface area contributed by atoms with Gasteiger partial charge in [-0.05, 0) is 44.5 Å². The molecule has 0 aromatic heterocycles. The molecule has 1 rings (SSSR count). The highest BCUT2D eigenvalue weighted by atomic mass is 35.5. The topological polar surface area (TPSA) is 84.9 Å². The first-order valence-electron chi connectivity index (χ1n) is 7.12. The molecule has 0 fully saturated rings. The molecule has 2 unspecified atom stereocenters. The van der Waals surface area contributed by atoms with Crippen LogP contribution in [0.2, 0.25) is 5.02 Å². The van der Waals surface area contributed by atoms with E-state index in [-0.39, 0.29) is 13.0 Å². The summed E-state index contributed by atoms with van der Waals surface area (Å²) in [6.45, 7) is 5.12. The van der Waals surface area contributed by atoms with E-state index in [9.17, 15) is 9.59 Å². The minimum Gasteiger partial charge on any atom is -0.481 e. The molecule has 1 aromatic carbocycles. The standard InChI is InChI=1S/C16H22ClNO5/c1-10-7-12(5-6-13(10)17)23-11(2)15(21)18-16(3,9-22-4)8-14(19)20/h5-7,11H,8-9H2,1-4H3,(H,18,21)(H,19,20). The first kappa shape index (κ1) is 19.3. The van der Waals surface area contributed by atoms with Crippen molar-refractivity contribution >= 4 is 23.5 Å². The van der Waals surface area contributed by atoms with Crippen molar-refractivity contribution in [2.45, 2.75) is 38.8 Å². The molecule has 0 spiro atoms. The summed E-state index contributed by atoms with van der Waals surface area (Å²) in [6, 6.07) is 5.10. The van der Waals surface area contributed by atoms with Crippen LogP contribution in [0.15, 0.2) is 18.2 Å². The van der Waals surface area contributed by atoms with Gasteiger partial charge in [-0.2, -0.15) is 0 Å². The van der Waals surface area contributed by atoms with Gasteiger partial charge in [0.25, 0.3) is 5.91 Å². The Morgan fingerprint density at radius 1 is 1.43 bits per heavy atom. The van der Waals surface area contributed by atoms with E-state index in [1.54, 1.807) is 32.0 Å². The molecule has 1 amide bonds.